The van der Waals surface area contributed by atoms with Crippen LogP contribution in [0.3, 0.4) is 0 Å². The second kappa shape index (κ2) is 10.2. The summed E-state index contributed by atoms with van der Waals surface area (Å²) in [6.45, 7) is 9.81. The van der Waals surface area contributed by atoms with E-state index in [1.165, 1.54) is 6.26 Å². The Kier molecular flexibility index (Phi) is 9.52. The highest BCUT2D eigenvalue weighted by Gasteiger charge is 1.87. The zero-order chi connectivity index (χ0) is 9.07. The summed E-state index contributed by atoms with van der Waals surface area (Å²) in [6.07, 6.45) is 3.11. The predicted molar refractivity (Wildman–Crippen MR) is 48.0 cm³/mol. The maximum Gasteiger partial charge on any atom is 0.111 e. The molecule has 3 nitrogen and oxygen atoms in total. The molecule has 0 saturated carbocycles. The molecule has 0 aromatic heterocycles. The summed E-state index contributed by atoms with van der Waals surface area (Å²) in [6, 6.07) is 0. The van der Waals surface area contributed by atoms with Crippen molar-refractivity contribution in [3.63, 3.8) is 0 Å². The van der Waals surface area contributed by atoms with Gasteiger partial charge in [0.25, 0.3) is 0 Å². The normalized spacial score (nSPS) is 9.33. The number of hydrogen-bond donors (Lipinski definition) is 0. The third-order valence-electron chi connectivity index (χ3n) is 1.07. The molecule has 0 aromatic carbocycles. The van der Waals surface area contributed by atoms with Gasteiger partial charge in [-0.2, -0.15) is 0 Å². The first-order valence-corrected chi connectivity index (χ1v) is 3.90. The largest absolute Gasteiger partial charge is 0.499 e. The molecule has 0 fully saturated rings. The van der Waals surface area contributed by atoms with Crippen molar-refractivity contribution < 1.29 is 14.2 Å². The van der Waals surface area contributed by atoms with Crippen molar-refractivity contribution in [1.82, 2.24) is 0 Å². The van der Waals surface area contributed by atoms with Gasteiger partial charge in [0.05, 0.1) is 32.7 Å². The SMILES string of the molecule is C=CCOCCOCCOC=C. The molecule has 70 valence electrons. The summed E-state index contributed by atoms with van der Waals surface area (Å²) in [5, 5.41) is 0. The Morgan fingerprint density at radius 1 is 0.917 bits per heavy atom. The van der Waals surface area contributed by atoms with Crippen LogP contribution in [-0.4, -0.2) is 33.0 Å². The van der Waals surface area contributed by atoms with Gasteiger partial charge in [-0.15, -0.1) is 6.58 Å². The minimum absolute atomic E-state index is 0.547. The number of hydrogen-bond acceptors (Lipinski definition) is 3. The van der Waals surface area contributed by atoms with E-state index in [1.54, 1.807) is 6.08 Å². The molecule has 0 spiro atoms. The molecular formula is C9H16O3. The minimum Gasteiger partial charge on any atom is -0.499 e. The maximum atomic E-state index is 5.15. The summed E-state index contributed by atoms with van der Waals surface area (Å²) >= 11 is 0. The van der Waals surface area contributed by atoms with Crippen LogP contribution in [0.4, 0.5) is 0 Å². The molecule has 0 aliphatic rings. The zero-order valence-corrected chi connectivity index (χ0v) is 7.33. The summed E-state index contributed by atoms with van der Waals surface area (Å²) in [7, 11) is 0. The van der Waals surface area contributed by atoms with E-state index in [4.69, 9.17) is 14.2 Å². The van der Waals surface area contributed by atoms with Crippen LogP contribution in [0.15, 0.2) is 25.5 Å². The molecule has 0 atom stereocenters. The van der Waals surface area contributed by atoms with Gasteiger partial charge in [0.1, 0.15) is 6.61 Å². The monoisotopic (exact) mass is 172 g/mol. The lowest BCUT2D eigenvalue weighted by Gasteiger charge is -2.03. The van der Waals surface area contributed by atoms with Crippen LogP contribution in [0, 0.1) is 0 Å². The smallest absolute Gasteiger partial charge is 0.111 e. The Hall–Kier alpha value is -0.800. The van der Waals surface area contributed by atoms with Crippen molar-refractivity contribution in [3.05, 3.63) is 25.5 Å². The summed E-state index contributed by atoms with van der Waals surface area (Å²) < 4.78 is 15.1. The van der Waals surface area contributed by atoms with Gasteiger partial charge in [-0.1, -0.05) is 12.7 Å². The van der Waals surface area contributed by atoms with Crippen LogP contribution in [0.2, 0.25) is 0 Å². The molecule has 0 saturated heterocycles. The Morgan fingerprint density at radius 3 is 2.25 bits per heavy atom. The topological polar surface area (TPSA) is 27.7 Å². The van der Waals surface area contributed by atoms with E-state index < -0.39 is 0 Å². The van der Waals surface area contributed by atoms with Crippen LogP contribution in [0.5, 0.6) is 0 Å². The van der Waals surface area contributed by atoms with E-state index >= 15 is 0 Å². The van der Waals surface area contributed by atoms with Crippen molar-refractivity contribution in [3.8, 4) is 0 Å². The highest BCUT2D eigenvalue weighted by Crippen LogP contribution is 1.80. The first-order valence-electron chi connectivity index (χ1n) is 3.90. The van der Waals surface area contributed by atoms with E-state index in [0.717, 1.165) is 0 Å². The second-order valence-electron chi connectivity index (χ2n) is 2.01. The van der Waals surface area contributed by atoms with Crippen LogP contribution in [0.1, 0.15) is 0 Å². The van der Waals surface area contributed by atoms with Crippen LogP contribution >= 0.6 is 0 Å². The first kappa shape index (κ1) is 11.2. The van der Waals surface area contributed by atoms with Gasteiger partial charge in [0.2, 0.25) is 0 Å². The van der Waals surface area contributed by atoms with Crippen molar-refractivity contribution in [2.75, 3.05) is 33.0 Å². The Bertz CT molecular complexity index is 98.3. The van der Waals surface area contributed by atoms with Crippen molar-refractivity contribution in [2.45, 2.75) is 0 Å². The van der Waals surface area contributed by atoms with Crippen LogP contribution in [0.25, 0.3) is 0 Å². The highest BCUT2D eigenvalue weighted by molar-refractivity contribution is 4.63. The lowest BCUT2D eigenvalue weighted by Crippen LogP contribution is -2.07. The molecule has 0 bridgehead atoms. The van der Waals surface area contributed by atoms with Crippen molar-refractivity contribution >= 4 is 0 Å². The molecule has 12 heavy (non-hydrogen) atoms. The number of rotatable bonds is 9. The Balaban J connectivity index is 2.81. The third-order valence-corrected chi connectivity index (χ3v) is 1.07. The average molecular weight is 172 g/mol. The van der Waals surface area contributed by atoms with Gasteiger partial charge in [-0.05, 0) is 0 Å². The zero-order valence-electron chi connectivity index (χ0n) is 7.33. The summed E-state index contributed by atoms with van der Waals surface area (Å²) in [5.41, 5.74) is 0. The molecule has 0 radical (unpaired) electrons. The van der Waals surface area contributed by atoms with Gasteiger partial charge >= 0.3 is 0 Å². The van der Waals surface area contributed by atoms with Gasteiger partial charge in [-0.3, -0.25) is 0 Å². The molecule has 0 heterocycles. The summed E-state index contributed by atoms with van der Waals surface area (Å²) in [4.78, 5) is 0. The van der Waals surface area contributed by atoms with E-state index in [1.807, 2.05) is 0 Å². The highest BCUT2D eigenvalue weighted by atomic mass is 16.5. The van der Waals surface area contributed by atoms with E-state index in [9.17, 15) is 0 Å². The lowest BCUT2D eigenvalue weighted by molar-refractivity contribution is 0.0382. The number of ether oxygens (including phenoxy) is 3. The maximum absolute atomic E-state index is 5.15. The lowest BCUT2D eigenvalue weighted by atomic mass is 10.7. The average Bonchev–Trinajstić information content (AvgIpc) is 2.10. The molecule has 0 aliphatic heterocycles. The molecule has 0 aliphatic carbocycles. The molecule has 0 aromatic rings. The van der Waals surface area contributed by atoms with E-state index in [0.29, 0.717) is 33.0 Å². The molecule has 0 N–H and O–H groups in total. The van der Waals surface area contributed by atoms with E-state index in [-0.39, 0.29) is 0 Å². The van der Waals surface area contributed by atoms with Crippen LogP contribution in [-0.2, 0) is 14.2 Å². The molecule has 0 amide bonds. The second-order valence-corrected chi connectivity index (χ2v) is 2.01. The van der Waals surface area contributed by atoms with E-state index in [2.05, 4.69) is 13.2 Å². The quantitative estimate of drug-likeness (QED) is 0.298. The van der Waals surface area contributed by atoms with Gasteiger partial charge in [0, 0.05) is 0 Å². The molecular weight excluding hydrogens is 156 g/mol. The van der Waals surface area contributed by atoms with Crippen LogP contribution < -0.4 is 0 Å². The standard InChI is InChI=1S/C9H16O3/c1-3-5-11-8-9-12-7-6-10-4-2/h3-4H,1-2,5-9H2. The van der Waals surface area contributed by atoms with Crippen molar-refractivity contribution in [2.24, 2.45) is 0 Å². The Morgan fingerprint density at radius 2 is 1.58 bits per heavy atom. The third kappa shape index (κ3) is 9.20. The van der Waals surface area contributed by atoms with Gasteiger partial charge < -0.3 is 14.2 Å². The molecule has 3 heteroatoms. The Labute approximate surface area is 73.6 Å². The fourth-order valence-electron chi connectivity index (χ4n) is 0.577. The summed E-state index contributed by atoms with van der Waals surface area (Å²) in [5.74, 6) is 0. The minimum atomic E-state index is 0.547. The fraction of sp³-hybridized carbons (Fsp3) is 0.556. The molecule has 0 rings (SSSR count). The first-order chi connectivity index (χ1) is 5.91. The predicted octanol–water partition coefficient (Wildman–Crippen LogP) is 1.37. The van der Waals surface area contributed by atoms with Gasteiger partial charge in [0.15, 0.2) is 0 Å². The molecule has 0 unspecified atom stereocenters. The van der Waals surface area contributed by atoms with Crippen molar-refractivity contribution in [1.29, 1.82) is 0 Å². The fourth-order valence-corrected chi connectivity index (χ4v) is 0.577. The van der Waals surface area contributed by atoms with Gasteiger partial charge in [-0.25, -0.2) is 0 Å².